The molecule has 7 heteroatoms. The van der Waals surface area contributed by atoms with Crippen molar-refractivity contribution in [2.75, 3.05) is 27.7 Å². The van der Waals surface area contributed by atoms with Crippen LogP contribution in [0.1, 0.15) is 0 Å². The van der Waals surface area contributed by atoms with Gasteiger partial charge in [-0.25, -0.2) is 4.79 Å². The maximum atomic E-state index is 11.5. The summed E-state index contributed by atoms with van der Waals surface area (Å²) in [5.41, 5.74) is 0. The molecule has 82 valence electrons. The minimum absolute atomic E-state index is 0.0721. The molecule has 1 rings (SSSR count). The fraction of sp³-hybridized carbons (Fsp3) is 0.857. The lowest BCUT2D eigenvalue weighted by molar-refractivity contribution is -0.0994. The van der Waals surface area contributed by atoms with Crippen LogP contribution in [0.2, 0.25) is 0 Å². The number of carbonyl (C=O) groups is 1. The molecule has 2 atom stereocenters. The number of aliphatic hydroxyl groups excluding tert-OH is 2. The summed E-state index contributed by atoms with van der Waals surface area (Å²) in [7, 11) is 2.79. The van der Waals surface area contributed by atoms with E-state index in [2.05, 4.69) is 0 Å². The Labute approximate surface area is 81.4 Å². The van der Waals surface area contributed by atoms with Crippen LogP contribution in [-0.2, 0) is 9.47 Å². The summed E-state index contributed by atoms with van der Waals surface area (Å²) in [6, 6.07) is -0.520. The Hall–Kier alpha value is -0.890. The Morgan fingerprint density at radius 1 is 1.14 bits per heavy atom. The third-order valence-electron chi connectivity index (χ3n) is 1.93. The van der Waals surface area contributed by atoms with Gasteiger partial charge in [-0.2, -0.15) is 0 Å². The monoisotopic (exact) mass is 206 g/mol. The Morgan fingerprint density at radius 2 is 1.50 bits per heavy atom. The van der Waals surface area contributed by atoms with Crippen LogP contribution < -0.4 is 0 Å². The number of urea groups is 1. The second-order valence-electron chi connectivity index (χ2n) is 2.88. The number of aliphatic hydroxyl groups is 2. The maximum Gasteiger partial charge on any atom is 0.328 e. The summed E-state index contributed by atoms with van der Waals surface area (Å²) in [4.78, 5) is 13.5. The van der Waals surface area contributed by atoms with E-state index in [0.29, 0.717) is 0 Å². The average molecular weight is 206 g/mol. The van der Waals surface area contributed by atoms with E-state index in [9.17, 15) is 15.0 Å². The van der Waals surface area contributed by atoms with Crippen molar-refractivity contribution in [3.63, 3.8) is 0 Å². The number of hydrogen-bond acceptors (Lipinski definition) is 5. The zero-order valence-corrected chi connectivity index (χ0v) is 8.08. The van der Waals surface area contributed by atoms with E-state index in [-0.39, 0.29) is 13.5 Å². The van der Waals surface area contributed by atoms with Crippen LogP contribution in [0.15, 0.2) is 0 Å². The SMILES string of the molecule is COCN1C(=O)N(COC)[C@H](O)[C@H]1O. The Balaban J connectivity index is 2.69. The van der Waals surface area contributed by atoms with Crippen LogP contribution >= 0.6 is 0 Å². The highest BCUT2D eigenvalue weighted by Crippen LogP contribution is 2.18. The molecule has 14 heavy (non-hydrogen) atoms. The zero-order valence-electron chi connectivity index (χ0n) is 8.08. The lowest BCUT2D eigenvalue weighted by Gasteiger charge is -2.17. The summed E-state index contributed by atoms with van der Waals surface area (Å²) in [6.45, 7) is -0.144. The topological polar surface area (TPSA) is 82.5 Å². The summed E-state index contributed by atoms with van der Waals surface area (Å²) in [6.07, 6.45) is -2.56. The number of hydrogen-bond donors (Lipinski definition) is 2. The van der Waals surface area contributed by atoms with Crippen LogP contribution in [0.3, 0.4) is 0 Å². The fourth-order valence-electron chi connectivity index (χ4n) is 1.25. The van der Waals surface area contributed by atoms with Gasteiger partial charge in [0.25, 0.3) is 0 Å². The highest BCUT2D eigenvalue weighted by molar-refractivity contribution is 5.77. The highest BCUT2D eigenvalue weighted by atomic mass is 16.5. The molecule has 0 unspecified atom stereocenters. The summed E-state index contributed by atoms with van der Waals surface area (Å²) < 4.78 is 9.42. The standard InChI is InChI=1S/C7H14N2O5/c1-13-3-8-5(10)6(11)9(4-14-2)7(8)12/h5-6,10-11H,3-4H2,1-2H3/t5-,6-/m1/s1. The van der Waals surface area contributed by atoms with Crippen LogP contribution in [0, 0.1) is 0 Å². The molecule has 0 radical (unpaired) electrons. The Morgan fingerprint density at radius 3 is 1.79 bits per heavy atom. The molecular formula is C7H14N2O5. The van der Waals surface area contributed by atoms with Gasteiger partial charge in [0.2, 0.25) is 0 Å². The van der Waals surface area contributed by atoms with Gasteiger partial charge in [-0.15, -0.1) is 0 Å². The predicted octanol–water partition coefficient (Wildman–Crippen LogP) is -1.43. The van der Waals surface area contributed by atoms with Crippen molar-refractivity contribution < 1.29 is 24.5 Å². The smallest absolute Gasteiger partial charge is 0.328 e. The molecule has 1 fully saturated rings. The van der Waals surface area contributed by atoms with E-state index in [4.69, 9.17) is 9.47 Å². The molecule has 0 aliphatic carbocycles. The predicted molar refractivity (Wildman–Crippen MR) is 44.8 cm³/mol. The second kappa shape index (κ2) is 4.56. The third-order valence-corrected chi connectivity index (χ3v) is 1.93. The second-order valence-corrected chi connectivity index (χ2v) is 2.88. The summed E-state index contributed by atoms with van der Waals surface area (Å²) >= 11 is 0. The molecule has 1 aliphatic heterocycles. The molecule has 0 bridgehead atoms. The fourth-order valence-corrected chi connectivity index (χ4v) is 1.25. The average Bonchev–Trinajstić information content (AvgIpc) is 2.36. The highest BCUT2D eigenvalue weighted by Gasteiger charge is 2.43. The number of rotatable bonds is 4. The van der Waals surface area contributed by atoms with Crippen LogP contribution in [-0.4, -0.2) is 66.2 Å². The van der Waals surface area contributed by atoms with Crippen LogP contribution in [0.25, 0.3) is 0 Å². The lowest BCUT2D eigenvalue weighted by Crippen LogP contribution is -2.38. The molecule has 0 aromatic heterocycles. The molecule has 1 saturated heterocycles. The summed E-state index contributed by atoms with van der Waals surface area (Å²) in [5, 5.41) is 18.9. The normalized spacial score (nSPS) is 27.6. The van der Waals surface area contributed by atoms with Crippen molar-refractivity contribution in [3.05, 3.63) is 0 Å². The molecular weight excluding hydrogens is 192 g/mol. The number of amides is 2. The van der Waals surface area contributed by atoms with Crippen molar-refractivity contribution in [3.8, 4) is 0 Å². The van der Waals surface area contributed by atoms with Crippen molar-refractivity contribution in [1.29, 1.82) is 0 Å². The van der Waals surface area contributed by atoms with Gasteiger partial charge in [-0.05, 0) is 0 Å². The first-order valence-corrected chi connectivity index (χ1v) is 4.04. The van der Waals surface area contributed by atoms with E-state index in [0.717, 1.165) is 9.80 Å². The van der Waals surface area contributed by atoms with Crippen molar-refractivity contribution >= 4 is 6.03 Å². The van der Waals surface area contributed by atoms with Crippen molar-refractivity contribution in [1.82, 2.24) is 9.80 Å². The molecule has 0 aromatic rings. The van der Waals surface area contributed by atoms with Gasteiger partial charge in [0.15, 0.2) is 12.5 Å². The largest absolute Gasteiger partial charge is 0.369 e. The molecule has 7 nitrogen and oxygen atoms in total. The van der Waals surface area contributed by atoms with Gasteiger partial charge in [-0.1, -0.05) is 0 Å². The van der Waals surface area contributed by atoms with Gasteiger partial charge < -0.3 is 19.7 Å². The zero-order chi connectivity index (χ0) is 10.7. The molecule has 0 saturated carbocycles. The molecule has 1 heterocycles. The third kappa shape index (κ3) is 1.80. The first-order chi connectivity index (χ1) is 6.63. The number of nitrogens with zero attached hydrogens (tertiary/aromatic N) is 2. The maximum absolute atomic E-state index is 11.5. The van der Waals surface area contributed by atoms with E-state index < -0.39 is 18.5 Å². The van der Waals surface area contributed by atoms with Gasteiger partial charge in [-0.3, -0.25) is 9.80 Å². The number of carbonyl (C=O) groups excluding carboxylic acids is 1. The van der Waals surface area contributed by atoms with E-state index in [1.807, 2.05) is 0 Å². The first-order valence-electron chi connectivity index (χ1n) is 4.04. The molecule has 2 N–H and O–H groups in total. The van der Waals surface area contributed by atoms with Gasteiger partial charge in [0, 0.05) is 14.2 Å². The van der Waals surface area contributed by atoms with E-state index >= 15 is 0 Å². The van der Waals surface area contributed by atoms with E-state index in [1.54, 1.807) is 0 Å². The van der Waals surface area contributed by atoms with Crippen LogP contribution in [0.4, 0.5) is 4.79 Å². The van der Waals surface area contributed by atoms with Gasteiger partial charge in [0.1, 0.15) is 13.5 Å². The summed E-state index contributed by atoms with van der Waals surface area (Å²) in [5.74, 6) is 0. The molecule has 0 aromatic carbocycles. The first kappa shape index (κ1) is 11.2. The van der Waals surface area contributed by atoms with Crippen LogP contribution in [0.5, 0.6) is 0 Å². The van der Waals surface area contributed by atoms with Gasteiger partial charge >= 0.3 is 6.03 Å². The Bertz CT molecular complexity index is 192. The molecule has 0 spiro atoms. The Kier molecular flexibility index (Phi) is 3.64. The van der Waals surface area contributed by atoms with Gasteiger partial charge in [0.05, 0.1) is 0 Å². The minimum Gasteiger partial charge on any atom is -0.369 e. The molecule has 2 amide bonds. The van der Waals surface area contributed by atoms with Crippen molar-refractivity contribution in [2.45, 2.75) is 12.5 Å². The van der Waals surface area contributed by atoms with E-state index in [1.165, 1.54) is 14.2 Å². The number of ether oxygens (including phenoxy) is 2. The quantitative estimate of drug-likeness (QED) is 0.589. The minimum atomic E-state index is -1.28. The lowest BCUT2D eigenvalue weighted by atomic mass is 10.5. The number of methoxy groups -OCH3 is 2. The molecule has 1 aliphatic rings. The van der Waals surface area contributed by atoms with Crippen molar-refractivity contribution in [2.24, 2.45) is 0 Å².